The molecule has 1 unspecified atom stereocenters. The fraction of sp³-hybridized carbons (Fsp3) is 0.636. The highest BCUT2D eigenvalue weighted by Crippen LogP contribution is 2.40. The molecule has 0 spiro atoms. The number of carbonyl (C=O) groups is 1. The van der Waals surface area contributed by atoms with Crippen molar-refractivity contribution in [2.45, 2.75) is 57.6 Å². The first-order valence-electron chi connectivity index (χ1n) is 10.2. The number of nitrogens with one attached hydrogen (secondary N) is 2. The lowest BCUT2D eigenvalue weighted by Gasteiger charge is -2.38. The molecule has 3 rings (SSSR count). The molecule has 1 amide bonds. The number of hydrogen-bond donors (Lipinski definition) is 2. The molecule has 2 aliphatic rings. The minimum Gasteiger partial charge on any atom is -0.487 e. The van der Waals surface area contributed by atoms with Gasteiger partial charge in [-0.3, -0.25) is 9.79 Å². The van der Waals surface area contributed by atoms with Gasteiger partial charge in [0.25, 0.3) is 0 Å². The van der Waals surface area contributed by atoms with Crippen molar-refractivity contribution < 1.29 is 9.53 Å². The highest BCUT2D eigenvalue weighted by atomic mass is 16.5. The lowest BCUT2D eigenvalue weighted by atomic mass is 9.84. The van der Waals surface area contributed by atoms with Gasteiger partial charge in [-0.25, -0.2) is 0 Å². The molecule has 1 heterocycles. The van der Waals surface area contributed by atoms with E-state index in [1.807, 2.05) is 32.3 Å². The van der Waals surface area contributed by atoms with Crippen molar-refractivity contribution in [1.82, 2.24) is 15.5 Å². The molecule has 6 nitrogen and oxygen atoms in total. The monoisotopic (exact) mass is 386 g/mol. The highest BCUT2D eigenvalue weighted by molar-refractivity contribution is 5.85. The first-order valence-corrected chi connectivity index (χ1v) is 10.2. The average Bonchev–Trinajstić information content (AvgIpc) is 3.13. The van der Waals surface area contributed by atoms with Crippen LogP contribution in [0.3, 0.4) is 0 Å². The van der Waals surface area contributed by atoms with Crippen LogP contribution in [-0.4, -0.2) is 50.1 Å². The molecule has 0 saturated heterocycles. The van der Waals surface area contributed by atoms with Crippen LogP contribution in [0.25, 0.3) is 0 Å². The second kappa shape index (κ2) is 8.02. The van der Waals surface area contributed by atoms with Crippen molar-refractivity contribution in [2.75, 3.05) is 27.7 Å². The van der Waals surface area contributed by atoms with Crippen molar-refractivity contribution in [3.8, 4) is 5.75 Å². The molecule has 1 atom stereocenters. The van der Waals surface area contributed by atoms with Gasteiger partial charge in [-0.15, -0.1) is 0 Å². The second-order valence-corrected chi connectivity index (χ2v) is 8.91. The number of hydrogen-bond acceptors (Lipinski definition) is 3. The number of nitrogens with zero attached hydrogens (tertiary/aromatic N) is 2. The molecule has 1 aliphatic carbocycles. The fourth-order valence-electron chi connectivity index (χ4n) is 4.54. The van der Waals surface area contributed by atoms with E-state index in [1.54, 1.807) is 11.9 Å². The molecule has 2 N–H and O–H groups in total. The van der Waals surface area contributed by atoms with Crippen LogP contribution >= 0.6 is 0 Å². The largest absolute Gasteiger partial charge is 0.487 e. The summed E-state index contributed by atoms with van der Waals surface area (Å²) in [6, 6.07) is 8.26. The lowest BCUT2D eigenvalue weighted by Crippen LogP contribution is -2.50. The summed E-state index contributed by atoms with van der Waals surface area (Å²) in [6.07, 6.45) is 4.92. The third-order valence-electron chi connectivity index (χ3n) is 5.93. The summed E-state index contributed by atoms with van der Waals surface area (Å²) in [5, 5.41) is 7.00. The molecule has 1 aliphatic heterocycles. The lowest BCUT2D eigenvalue weighted by molar-refractivity contribution is -0.138. The third-order valence-corrected chi connectivity index (χ3v) is 5.93. The SMILES string of the molecule is CN=C(NCC1(C(=O)N(C)C)CCCC1)NC1CC(C)(C)Oc2ccccc21. The summed E-state index contributed by atoms with van der Waals surface area (Å²) in [5.74, 6) is 1.86. The van der Waals surface area contributed by atoms with E-state index in [0.717, 1.165) is 49.4 Å². The van der Waals surface area contributed by atoms with Gasteiger partial charge in [-0.05, 0) is 32.8 Å². The Kier molecular flexibility index (Phi) is 5.87. The first-order chi connectivity index (χ1) is 13.3. The van der Waals surface area contributed by atoms with Crippen molar-refractivity contribution in [1.29, 1.82) is 0 Å². The smallest absolute Gasteiger partial charge is 0.230 e. The maximum Gasteiger partial charge on any atom is 0.230 e. The van der Waals surface area contributed by atoms with Gasteiger partial charge in [0.05, 0.1) is 11.5 Å². The van der Waals surface area contributed by atoms with Crippen molar-refractivity contribution >= 4 is 11.9 Å². The van der Waals surface area contributed by atoms with Gasteiger partial charge in [0.1, 0.15) is 11.4 Å². The Hall–Kier alpha value is -2.24. The summed E-state index contributed by atoms with van der Waals surface area (Å²) in [4.78, 5) is 19.0. The number of carbonyl (C=O) groups excluding carboxylic acids is 1. The zero-order chi connectivity index (χ0) is 20.4. The van der Waals surface area contributed by atoms with Gasteiger partial charge in [-0.2, -0.15) is 0 Å². The number of amides is 1. The molecule has 1 saturated carbocycles. The number of fused-ring (bicyclic) bond motifs is 1. The Morgan fingerprint density at radius 3 is 2.57 bits per heavy atom. The number of para-hydroxylation sites is 1. The molecule has 0 bridgehead atoms. The minimum absolute atomic E-state index is 0.107. The van der Waals surface area contributed by atoms with Crippen molar-refractivity contribution in [3.63, 3.8) is 0 Å². The molecular formula is C22H34N4O2. The first kappa shape index (κ1) is 20.5. The van der Waals surface area contributed by atoms with E-state index < -0.39 is 0 Å². The molecule has 1 aromatic rings. The molecule has 28 heavy (non-hydrogen) atoms. The van der Waals surface area contributed by atoms with Crippen molar-refractivity contribution in [2.24, 2.45) is 10.4 Å². The molecule has 1 aromatic carbocycles. The summed E-state index contributed by atoms with van der Waals surface area (Å²) in [6.45, 7) is 4.83. The van der Waals surface area contributed by atoms with Gasteiger partial charge in [0, 0.05) is 39.7 Å². The van der Waals surface area contributed by atoms with Crippen LogP contribution in [0.4, 0.5) is 0 Å². The van der Waals surface area contributed by atoms with Gasteiger partial charge in [0.15, 0.2) is 5.96 Å². The highest BCUT2D eigenvalue weighted by Gasteiger charge is 2.42. The van der Waals surface area contributed by atoms with Crippen LogP contribution in [-0.2, 0) is 4.79 Å². The topological polar surface area (TPSA) is 66.0 Å². The number of ether oxygens (including phenoxy) is 1. The van der Waals surface area contributed by atoms with Crippen LogP contribution in [0, 0.1) is 5.41 Å². The van der Waals surface area contributed by atoms with Gasteiger partial charge >= 0.3 is 0 Å². The van der Waals surface area contributed by atoms with Gasteiger partial charge < -0.3 is 20.3 Å². The number of guanidine groups is 1. The number of benzene rings is 1. The second-order valence-electron chi connectivity index (χ2n) is 8.91. The Balaban J connectivity index is 1.72. The van der Waals surface area contributed by atoms with E-state index in [4.69, 9.17) is 4.74 Å². The van der Waals surface area contributed by atoms with E-state index in [-0.39, 0.29) is 23.0 Å². The van der Waals surface area contributed by atoms with E-state index in [9.17, 15) is 4.79 Å². The Labute approximate surface area is 168 Å². The standard InChI is InChI=1S/C22H34N4O2/c1-21(2)14-17(16-10-6-7-11-18(16)28-21)25-20(23-3)24-15-22(12-8-9-13-22)19(27)26(4)5/h6-7,10-11,17H,8-9,12-15H2,1-5H3,(H2,23,24,25). The van der Waals surface area contributed by atoms with Crippen LogP contribution in [0.15, 0.2) is 29.3 Å². The quantitative estimate of drug-likeness (QED) is 0.616. The predicted molar refractivity (Wildman–Crippen MR) is 113 cm³/mol. The number of aliphatic imine (C=N–C) groups is 1. The molecule has 0 radical (unpaired) electrons. The van der Waals surface area contributed by atoms with Gasteiger partial charge in [0.2, 0.25) is 5.91 Å². The molecule has 0 aromatic heterocycles. The van der Waals surface area contributed by atoms with E-state index in [1.165, 1.54) is 0 Å². The van der Waals surface area contributed by atoms with E-state index in [0.29, 0.717) is 6.54 Å². The summed E-state index contributed by atoms with van der Waals surface area (Å²) in [5.41, 5.74) is 0.566. The van der Waals surface area contributed by atoms with E-state index in [2.05, 4.69) is 35.5 Å². The molecule has 6 heteroatoms. The Morgan fingerprint density at radius 1 is 1.25 bits per heavy atom. The van der Waals surface area contributed by atoms with Crippen molar-refractivity contribution in [3.05, 3.63) is 29.8 Å². The Bertz CT molecular complexity index is 736. The fourth-order valence-corrected chi connectivity index (χ4v) is 4.54. The summed E-state index contributed by atoms with van der Waals surface area (Å²) < 4.78 is 6.13. The minimum atomic E-state index is -0.325. The Morgan fingerprint density at radius 2 is 1.93 bits per heavy atom. The number of rotatable bonds is 4. The summed E-state index contributed by atoms with van der Waals surface area (Å²) in [7, 11) is 5.47. The van der Waals surface area contributed by atoms with Crippen LogP contribution in [0.5, 0.6) is 5.75 Å². The maximum atomic E-state index is 12.8. The van der Waals surface area contributed by atoms with Gasteiger partial charge in [-0.1, -0.05) is 31.0 Å². The molecule has 154 valence electrons. The predicted octanol–water partition coefficient (Wildman–Crippen LogP) is 3.10. The van der Waals surface area contributed by atoms with Crippen LogP contribution in [0.2, 0.25) is 0 Å². The van der Waals surface area contributed by atoms with E-state index >= 15 is 0 Å². The normalized spacial score (nSPS) is 22.8. The third kappa shape index (κ3) is 4.26. The average molecular weight is 387 g/mol. The maximum absolute atomic E-state index is 12.8. The van der Waals surface area contributed by atoms with Crippen LogP contribution < -0.4 is 15.4 Å². The zero-order valence-electron chi connectivity index (χ0n) is 17.8. The molecule has 1 fully saturated rings. The molecular weight excluding hydrogens is 352 g/mol. The zero-order valence-corrected chi connectivity index (χ0v) is 17.8. The van der Waals surface area contributed by atoms with Crippen LogP contribution in [0.1, 0.15) is 57.6 Å². The summed E-state index contributed by atoms with van der Waals surface area (Å²) >= 11 is 0.